The molecular formula is C12H14BrNO5. The lowest BCUT2D eigenvalue weighted by Crippen LogP contribution is -2.47. The summed E-state index contributed by atoms with van der Waals surface area (Å²) < 4.78 is 5.60. The standard InChI is InChI=1S/C12H14BrNO5/c1-6(15)10(12(17)18)14-11(16)7-3-4-9(19-2)8(13)5-7/h3-6,10,15H,1-2H3,(H,14,16)(H,17,18). The molecule has 1 amide bonds. The number of ether oxygens (including phenoxy) is 1. The van der Waals surface area contributed by atoms with E-state index < -0.39 is 24.0 Å². The van der Waals surface area contributed by atoms with Gasteiger partial charge in [0.1, 0.15) is 5.75 Å². The molecular weight excluding hydrogens is 318 g/mol. The molecule has 0 heterocycles. The number of carboxylic acid groups (broad SMARTS) is 1. The molecule has 0 aliphatic heterocycles. The molecule has 0 aliphatic carbocycles. The fourth-order valence-corrected chi connectivity index (χ4v) is 1.96. The quantitative estimate of drug-likeness (QED) is 0.748. The molecule has 1 aromatic rings. The van der Waals surface area contributed by atoms with E-state index in [0.717, 1.165) is 0 Å². The molecule has 7 heteroatoms. The van der Waals surface area contributed by atoms with Crippen molar-refractivity contribution >= 4 is 27.8 Å². The summed E-state index contributed by atoms with van der Waals surface area (Å²) >= 11 is 3.23. The van der Waals surface area contributed by atoms with Crippen LogP contribution in [0, 0.1) is 0 Å². The van der Waals surface area contributed by atoms with Gasteiger partial charge in [-0.2, -0.15) is 0 Å². The average Bonchev–Trinajstić information content (AvgIpc) is 2.34. The Kier molecular flexibility index (Phi) is 5.31. The molecule has 6 nitrogen and oxygen atoms in total. The van der Waals surface area contributed by atoms with E-state index in [4.69, 9.17) is 9.84 Å². The van der Waals surface area contributed by atoms with Gasteiger partial charge < -0.3 is 20.3 Å². The molecule has 0 saturated carbocycles. The summed E-state index contributed by atoms with van der Waals surface area (Å²) in [5, 5.41) is 20.4. The summed E-state index contributed by atoms with van der Waals surface area (Å²) in [6, 6.07) is 3.24. The number of hydrogen-bond donors (Lipinski definition) is 3. The number of carbonyl (C=O) groups is 2. The largest absolute Gasteiger partial charge is 0.496 e. The summed E-state index contributed by atoms with van der Waals surface area (Å²) in [4.78, 5) is 22.7. The van der Waals surface area contributed by atoms with Crippen molar-refractivity contribution in [2.24, 2.45) is 0 Å². The van der Waals surface area contributed by atoms with Gasteiger partial charge in [-0.15, -0.1) is 0 Å². The second-order valence-electron chi connectivity index (χ2n) is 3.88. The van der Waals surface area contributed by atoms with Crippen molar-refractivity contribution in [2.75, 3.05) is 7.11 Å². The van der Waals surface area contributed by atoms with Crippen molar-refractivity contribution in [3.63, 3.8) is 0 Å². The van der Waals surface area contributed by atoms with Crippen LogP contribution in [-0.4, -0.2) is 41.3 Å². The maximum atomic E-state index is 11.9. The van der Waals surface area contributed by atoms with Crippen LogP contribution >= 0.6 is 15.9 Å². The highest BCUT2D eigenvalue weighted by atomic mass is 79.9. The van der Waals surface area contributed by atoms with Gasteiger partial charge in [-0.3, -0.25) is 4.79 Å². The van der Waals surface area contributed by atoms with Gasteiger partial charge in [-0.25, -0.2) is 4.79 Å². The van der Waals surface area contributed by atoms with E-state index in [9.17, 15) is 14.7 Å². The predicted molar refractivity (Wildman–Crippen MR) is 71.3 cm³/mol. The number of carbonyl (C=O) groups excluding carboxylic acids is 1. The van der Waals surface area contributed by atoms with Gasteiger partial charge in [0.2, 0.25) is 0 Å². The predicted octanol–water partition coefficient (Wildman–Crippen LogP) is 1.02. The Morgan fingerprint density at radius 2 is 2.05 bits per heavy atom. The Bertz CT molecular complexity index is 489. The van der Waals surface area contributed by atoms with E-state index in [1.807, 2.05) is 0 Å². The highest BCUT2D eigenvalue weighted by Crippen LogP contribution is 2.25. The molecule has 1 aromatic carbocycles. The lowest BCUT2D eigenvalue weighted by molar-refractivity contribution is -0.141. The van der Waals surface area contributed by atoms with Crippen molar-refractivity contribution in [1.29, 1.82) is 0 Å². The molecule has 19 heavy (non-hydrogen) atoms. The number of hydrogen-bond acceptors (Lipinski definition) is 4. The van der Waals surface area contributed by atoms with Crippen LogP contribution in [-0.2, 0) is 4.79 Å². The molecule has 0 spiro atoms. The number of aliphatic carboxylic acids is 1. The molecule has 3 N–H and O–H groups in total. The van der Waals surface area contributed by atoms with Gasteiger partial charge in [0.25, 0.3) is 5.91 Å². The third-order valence-corrected chi connectivity index (χ3v) is 3.07. The number of rotatable bonds is 5. The lowest BCUT2D eigenvalue weighted by atomic mass is 10.1. The molecule has 0 bridgehead atoms. The Morgan fingerprint density at radius 1 is 1.42 bits per heavy atom. The van der Waals surface area contributed by atoms with Crippen LogP contribution in [0.4, 0.5) is 0 Å². The van der Waals surface area contributed by atoms with Crippen LogP contribution in [0.1, 0.15) is 17.3 Å². The fourth-order valence-electron chi connectivity index (χ4n) is 1.42. The first-order valence-corrected chi connectivity index (χ1v) is 6.21. The number of aliphatic hydroxyl groups excluding tert-OH is 1. The number of carboxylic acids is 1. The van der Waals surface area contributed by atoms with Crippen LogP contribution in [0.3, 0.4) is 0 Å². The van der Waals surface area contributed by atoms with Crippen molar-refractivity contribution in [1.82, 2.24) is 5.32 Å². The molecule has 2 atom stereocenters. The number of halogens is 1. The highest BCUT2D eigenvalue weighted by molar-refractivity contribution is 9.10. The second-order valence-corrected chi connectivity index (χ2v) is 4.73. The minimum Gasteiger partial charge on any atom is -0.496 e. The van der Waals surface area contributed by atoms with Gasteiger partial charge in [0.15, 0.2) is 6.04 Å². The van der Waals surface area contributed by atoms with E-state index in [2.05, 4.69) is 21.2 Å². The first-order chi connectivity index (χ1) is 8.86. The molecule has 104 valence electrons. The van der Waals surface area contributed by atoms with Crippen LogP contribution in [0.25, 0.3) is 0 Å². The van der Waals surface area contributed by atoms with Gasteiger partial charge in [-0.1, -0.05) is 0 Å². The Labute approximate surface area is 118 Å². The molecule has 0 fully saturated rings. The monoisotopic (exact) mass is 331 g/mol. The molecule has 0 radical (unpaired) electrons. The Balaban J connectivity index is 2.89. The average molecular weight is 332 g/mol. The van der Waals surface area contributed by atoms with E-state index in [1.54, 1.807) is 6.07 Å². The summed E-state index contributed by atoms with van der Waals surface area (Å²) in [5.41, 5.74) is 0.263. The third-order valence-electron chi connectivity index (χ3n) is 2.45. The topological polar surface area (TPSA) is 95.9 Å². The number of aliphatic hydroxyl groups is 1. The Morgan fingerprint density at radius 3 is 2.47 bits per heavy atom. The first kappa shape index (κ1) is 15.5. The van der Waals surface area contributed by atoms with Gasteiger partial charge in [0, 0.05) is 5.56 Å². The summed E-state index contributed by atoms with van der Waals surface area (Å²) in [7, 11) is 1.49. The van der Waals surface area contributed by atoms with Gasteiger partial charge in [0.05, 0.1) is 17.7 Å². The van der Waals surface area contributed by atoms with E-state index in [0.29, 0.717) is 10.2 Å². The normalized spacial score (nSPS) is 13.5. The van der Waals surface area contributed by atoms with Crippen LogP contribution in [0.5, 0.6) is 5.75 Å². The van der Waals surface area contributed by atoms with Crippen LogP contribution < -0.4 is 10.1 Å². The minimum absolute atomic E-state index is 0.263. The van der Waals surface area contributed by atoms with E-state index in [-0.39, 0.29) is 5.56 Å². The summed E-state index contributed by atoms with van der Waals surface area (Å²) in [6.45, 7) is 1.29. The smallest absolute Gasteiger partial charge is 0.328 e. The maximum absolute atomic E-state index is 11.9. The van der Waals surface area contributed by atoms with E-state index >= 15 is 0 Å². The highest BCUT2D eigenvalue weighted by Gasteiger charge is 2.25. The lowest BCUT2D eigenvalue weighted by Gasteiger charge is -2.17. The SMILES string of the molecule is COc1ccc(C(=O)NC(C(=O)O)C(C)O)cc1Br. The van der Waals surface area contributed by atoms with Gasteiger partial charge in [-0.05, 0) is 41.1 Å². The summed E-state index contributed by atoms with van der Waals surface area (Å²) in [6.07, 6.45) is -1.19. The number of methoxy groups -OCH3 is 1. The zero-order valence-corrected chi connectivity index (χ0v) is 12.0. The zero-order valence-electron chi connectivity index (χ0n) is 10.4. The van der Waals surface area contributed by atoms with Crippen LogP contribution in [0.15, 0.2) is 22.7 Å². The Hall–Kier alpha value is -1.60. The number of amides is 1. The van der Waals surface area contributed by atoms with Gasteiger partial charge >= 0.3 is 5.97 Å². The zero-order chi connectivity index (χ0) is 14.6. The second kappa shape index (κ2) is 6.53. The van der Waals surface area contributed by atoms with Crippen molar-refractivity contribution in [2.45, 2.75) is 19.1 Å². The van der Waals surface area contributed by atoms with Crippen molar-refractivity contribution < 1.29 is 24.5 Å². The number of nitrogens with one attached hydrogen (secondary N) is 1. The molecule has 0 aromatic heterocycles. The molecule has 1 rings (SSSR count). The fraction of sp³-hybridized carbons (Fsp3) is 0.333. The molecule has 2 unspecified atom stereocenters. The maximum Gasteiger partial charge on any atom is 0.328 e. The van der Waals surface area contributed by atoms with Crippen molar-refractivity contribution in [3.8, 4) is 5.75 Å². The van der Waals surface area contributed by atoms with Crippen LogP contribution in [0.2, 0.25) is 0 Å². The number of benzene rings is 1. The molecule has 0 aliphatic rings. The minimum atomic E-state index is -1.35. The molecule has 0 saturated heterocycles. The van der Waals surface area contributed by atoms with E-state index in [1.165, 1.54) is 26.2 Å². The third kappa shape index (κ3) is 3.93. The first-order valence-electron chi connectivity index (χ1n) is 5.42. The summed E-state index contributed by atoms with van der Waals surface area (Å²) in [5.74, 6) is -1.32. The van der Waals surface area contributed by atoms with Crippen molar-refractivity contribution in [3.05, 3.63) is 28.2 Å².